The second-order valence-corrected chi connectivity index (χ2v) is 5.61. The van der Waals surface area contributed by atoms with Gasteiger partial charge in [-0.15, -0.1) is 0 Å². The zero-order valence-corrected chi connectivity index (χ0v) is 13.9. The third kappa shape index (κ3) is 5.52. The van der Waals surface area contributed by atoms with Crippen molar-refractivity contribution < 1.29 is 19.3 Å². The number of hydrogen-bond acceptors (Lipinski definition) is 6. The molecular weight excluding hydrogens is 388 g/mol. The number of carbonyl (C=O) groups excluding carboxylic acids is 2. The number of methoxy groups -OCH3 is 1. The van der Waals surface area contributed by atoms with Gasteiger partial charge in [0.2, 0.25) is 0 Å². The minimum atomic E-state index is -0.921. The topological polar surface area (TPSA) is 114 Å². The van der Waals surface area contributed by atoms with Crippen LogP contribution >= 0.6 is 22.6 Å². The summed E-state index contributed by atoms with van der Waals surface area (Å²) in [5.41, 5.74) is 6.40. The van der Waals surface area contributed by atoms with Crippen LogP contribution in [-0.4, -0.2) is 43.6 Å². The van der Waals surface area contributed by atoms with Crippen LogP contribution in [0.2, 0.25) is 6.82 Å². The van der Waals surface area contributed by atoms with E-state index in [4.69, 9.17) is 5.73 Å². The maximum Gasteiger partial charge on any atom is 0.373 e. The molecule has 1 aromatic rings. The zero-order chi connectivity index (χ0) is 16.0. The van der Waals surface area contributed by atoms with Gasteiger partial charge in [0.1, 0.15) is 6.04 Å². The number of ether oxygens (including phenoxy) is 1. The lowest BCUT2D eigenvalue weighted by atomic mass is 9.88. The SMILES string of the molecule is COC(=O)[C@H](CNB(C)O)NC(=O)c1ccc(I)cc1N. The Bertz CT molecular complexity index is 527. The Morgan fingerprint density at radius 3 is 2.71 bits per heavy atom. The normalized spacial score (nSPS) is 11.6. The predicted molar refractivity (Wildman–Crippen MR) is 88.7 cm³/mol. The molecule has 0 bridgehead atoms. The Balaban J connectivity index is 2.81. The lowest BCUT2D eigenvalue weighted by Gasteiger charge is -2.18. The number of nitrogens with one attached hydrogen (secondary N) is 2. The van der Waals surface area contributed by atoms with E-state index in [1.165, 1.54) is 13.9 Å². The van der Waals surface area contributed by atoms with E-state index in [1.54, 1.807) is 18.2 Å². The van der Waals surface area contributed by atoms with Crippen LogP contribution in [0, 0.1) is 3.57 Å². The number of hydrogen-bond donors (Lipinski definition) is 4. The average Bonchev–Trinajstić information content (AvgIpc) is 2.42. The molecule has 0 aromatic heterocycles. The first kappa shape index (κ1) is 17.7. The molecule has 0 heterocycles. The van der Waals surface area contributed by atoms with Crippen LogP contribution in [0.4, 0.5) is 5.69 Å². The number of nitrogens with two attached hydrogens (primary N) is 1. The maximum absolute atomic E-state index is 12.2. The third-order valence-electron chi connectivity index (χ3n) is 2.67. The predicted octanol–water partition coefficient (Wildman–Crippen LogP) is -0.155. The lowest BCUT2D eigenvalue weighted by molar-refractivity contribution is -0.142. The molecule has 0 radical (unpaired) electrons. The Labute approximate surface area is 136 Å². The number of carbonyl (C=O) groups is 2. The highest BCUT2D eigenvalue weighted by atomic mass is 127. The maximum atomic E-state index is 12.2. The number of amides is 1. The molecule has 0 spiro atoms. The van der Waals surface area contributed by atoms with E-state index in [2.05, 4.69) is 37.9 Å². The van der Waals surface area contributed by atoms with Crippen molar-refractivity contribution in [2.75, 3.05) is 19.4 Å². The summed E-state index contributed by atoms with van der Waals surface area (Å²) in [6.45, 7) is 1.55. The van der Waals surface area contributed by atoms with Gasteiger partial charge in [-0.1, -0.05) is 0 Å². The fourth-order valence-electron chi connectivity index (χ4n) is 1.60. The molecule has 0 saturated carbocycles. The van der Waals surface area contributed by atoms with Gasteiger partial charge in [0.25, 0.3) is 5.91 Å². The lowest BCUT2D eigenvalue weighted by Crippen LogP contribution is -2.50. The first-order valence-corrected chi connectivity index (χ1v) is 7.28. The van der Waals surface area contributed by atoms with Gasteiger partial charge in [0.15, 0.2) is 0 Å². The van der Waals surface area contributed by atoms with Gasteiger partial charge in [-0.05, 0) is 47.6 Å². The van der Waals surface area contributed by atoms with Gasteiger partial charge < -0.3 is 26.0 Å². The quantitative estimate of drug-likeness (QED) is 0.227. The van der Waals surface area contributed by atoms with Crippen LogP contribution in [0.15, 0.2) is 18.2 Å². The largest absolute Gasteiger partial charge is 0.467 e. The number of esters is 1. The minimum absolute atomic E-state index is 0.0420. The van der Waals surface area contributed by atoms with Crippen molar-refractivity contribution in [3.8, 4) is 0 Å². The van der Waals surface area contributed by atoms with Crippen molar-refractivity contribution in [3.63, 3.8) is 0 Å². The smallest absolute Gasteiger partial charge is 0.373 e. The molecule has 0 unspecified atom stereocenters. The van der Waals surface area contributed by atoms with Gasteiger partial charge in [-0.2, -0.15) is 0 Å². The molecule has 0 aliphatic heterocycles. The van der Waals surface area contributed by atoms with Crippen molar-refractivity contribution in [1.82, 2.24) is 10.5 Å². The van der Waals surface area contributed by atoms with Crippen LogP contribution in [0.1, 0.15) is 10.4 Å². The molecule has 1 atom stereocenters. The van der Waals surface area contributed by atoms with Gasteiger partial charge in [0, 0.05) is 15.8 Å². The number of halogens is 1. The Morgan fingerprint density at radius 1 is 1.52 bits per heavy atom. The van der Waals surface area contributed by atoms with E-state index in [9.17, 15) is 14.6 Å². The standard InChI is InChI=1S/C12H17BIN3O4/c1-13(20)16-6-10(12(19)21-2)17-11(18)8-4-3-7(14)5-9(8)15/h3-5,10,16,20H,6,15H2,1-2H3,(H,17,18)/t10-/m0/s1. The summed E-state index contributed by atoms with van der Waals surface area (Å²) in [6.07, 6.45) is 0. The fraction of sp³-hybridized carbons (Fsp3) is 0.333. The zero-order valence-electron chi connectivity index (χ0n) is 11.7. The summed E-state index contributed by atoms with van der Waals surface area (Å²) < 4.78 is 5.53. The monoisotopic (exact) mass is 405 g/mol. The fourth-order valence-corrected chi connectivity index (χ4v) is 2.12. The van der Waals surface area contributed by atoms with E-state index in [-0.39, 0.29) is 12.1 Å². The van der Waals surface area contributed by atoms with Crippen molar-refractivity contribution in [2.24, 2.45) is 0 Å². The summed E-state index contributed by atoms with van der Waals surface area (Å²) in [4.78, 5) is 23.8. The summed E-state index contributed by atoms with van der Waals surface area (Å²) in [7, 11) is 0.417. The van der Waals surface area contributed by atoms with Crippen LogP contribution in [0.25, 0.3) is 0 Å². The van der Waals surface area contributed by atoms with Crippen LogP contribution < -0.4 is 16.3 Å². The number of anilines is 1. The van der Waals surface area contributed by atoms with E-state index >= 15 is 0 Å². The van der Waals surface area contributed by atoms with E-state index in [1.807, 2.05) is 0 Å². The van der Waals surface area contributed by atoms with Gasteiger partial charge in [-0.3, -0.25) is 4.79 Å². The highest BCUT2D eigenvalue weighted by Crippen LogP contribution is 2.15. The number of nitrogen functional groups attached to an aromatic ring is 1. The first-order chi connectivity index (χ1) is 9.85. The van der Waals surface area contributed by atoms with Gasteiger partial charge in [0.05, 0.1) is 12.7 Å². The summed E-state index contributed by atoms with van der Waals surface area (Å²) in [6, 6.07) is 4.07. The Kier molecular flexibility index (Phi) is 6.92. The van der Waals surface area contributed by atoms with Crippen molar-refractivity contribution in [2.45, 2.75) is 12.9 Å². The highest BCUT2D eigenvalue weighted by Gasteiger charge is 2.23. The van der Waals surface area contributed by atoms with E-state index in [0.717, 1.165) is 3.57 Å². The minimum Gasteiger partial charge on any atom is -0.467 e. The van der Waals surface area contributed by atoms with Crippen LogP contribution in [0.5, 0.6) is 0 Å². The summed E-state index contributed by atoms with van der Waals surface area (Å²) in [5.74, 6) is -1.09. The average molecular weight is 405 g/mol. The molecule has 1 amide bonds. The first-order valence-electron chi connectivity index (χ1n) is 6.20. The molecule has 1 rings (SSSR count). The molecule has 7 nitrogen and oxygen atoms in total. The molecule has 0 aliphatic carbocycles. The van der Waals surface area contributed by atoms with Crippen LogP contribution in [0.3, 0.4) is 0 Å². The molecule has 0 aliphatic rings. The Morgan fingerprint density at radius 2 is 2.19 bits per heavy atom. The second kappa shape index (κ2) is 8.20. The summed E-state index contributed by atoms with van der Waals surface area (Å²) >= 11 is 2.08. The van der Waals surface area contributed by atoms with Crippen LogP contribution in [-0.2, 0) is 9.53 Å². The molecule has 114 valence electrons. The molecule has 9 heteroatoms. The summed E-state index contributed by atoms with van der Waals surface area (Å²) in [5, 5.41) is 14.4. The molecule has 0 saturated heterocycles. The third-order valence-corrected chi connectivity index (χ3v) is 3.34. The van der Waals surface area contributed by atoms with E-state index in [0.29, 0.717) is 5.69 Å². The van der Waals surface area contributed by atoms with Gasteiger partial charge >= 0.3 is 13.0 Å². The number of rotatable bonds is 6. The van der Waals surface area contributed by atoms with E-state index < -0.39 is 25.0 Å². The molecule has 5 N–H and O–H groups in total. The molecule has 21 heavy (non-hydrogen) atoms. The number of benzene rings is 1. The van der Waals surface area contributed by atoms with Crippen molar-refractivity contribution in [1.29, 1.82) is 0 Å². The highest BCUT2D eigenvalue weighted by molar-refractivity contribution is 14.1. The second-order valence-electron chi connectivity index (χ2n) is 4.37. The Hall–Kier alpha value is -1.33. The molecule has 1 aromatic carbocycles. The molecule has 0 fully saturated rings. The van der Waals surface area contributed by atoms with Gasteiger partial charge in [-0.25, -0.2) is 4.79 Å². The van der Waals surface area contributed by atoms with Crippen molar-refractivity contribution in [3.05, 3.63) is 27.3 Å². The van der Waals surface area contributed by atoms with Crippen molar-refractivity contribution >= 4 is 47.2 Å². The molecular formula is C12H17BIN3O4.